The summed E-state index contributed by atoms with van der Waals surface area (Å²) in [6, 6.07) is 18.2. The normalized spacial score (nSPS) is 16.7. The molecule has 2 aromatic carbocycles. The minimum atomic E-state index is -0.000279. The molecule has 2 N–H and O–H groups in total. The Morgan fingerprint density at radius 2 is 1.89 bits per heavy atom. The summed E-state index contributed by atoms with van der Waals surface area (Å²) in [6.45, 7) is 3.43. The molecule has 0 unspecified atom stereocenters. The lowest BCUT2D eigenvalue weighted by Crippen LogP contribution is -2.32. The van der Waals surface area contributed by atoms with Gasteiger partial charge < -0.3 is 10.6 Å². The van der Waals surface area contributed by atoms with E-state index in [9.17, 15) is 4.79 Å². The van der Waals surface area contributed by atoms with Crippen molar-refractivity contribution in [2.45, 2.75) is 25.8 Å². The average molecular weight is 360 g/mol. The standard InChI is InChI=1S/C22H24N4O/c1-2-16-8-10-17(11-9-16)21-20(22(27)25-13-12-18(23)14-25)15-26(24-21)19-6-4-3-5-7-19/h3-11,15,18H,2,12-14,23H2,1H3/t18-/m1/s1. The molecule has 1 aliphatic heterocycles. The quantitative estimate of drug-likeness (QED) is 0.777. The number of benzene rings is 2. The van der Waals surface area contributed by atoms with Crippen LogP contribution in [-0.4, -0.2) is 39.7 Å². The predicted molar refractivity (Wildman–Crippen MR) is 107 cm³/mol. The van der Waals surface area contributed by atoms with Crippen LogP contribution in [0.2, 0.25) is 0 Å². The Balaban J connectivity index is 1.77. The second-order valence-electron chi connectivity index (χ2n) is 7.02. The first-order valence-electron chi connectivity index (χ1n) is 9.45. The minimum absolute atomic E-state index is 0.000279. The third-order valence-electron chi connectivity index (χ3n) is 5.11. The summed E-state index contributed by atoms with van der Waals surface area (Å²) in [7, 11) is 0. The second kappa shape index (κ2) is 7.37. The molecule has 1 fully saturated rings. The first kappa shape index (κ1) is 17.5. The summed E-state index contributed by atoms with van der Waals surface area (Å²) in [6.07, 6.45) is 3.67. The van der Waals surface area contributed by atoms with E-state index in [1.165, 1.54) is 5.56 Å². The molecule has 3 aromatic rings. The van der Waals surface area contributed by atoms with Crippen LogP contribution in [0.4, 0.5) is 0 Å². The second-order valence-corrected chi connectivity index (χ2v) is 7.02. The number of aryl methyl sites for hydroxylation is 1. The Labute approximate surface area is 159 Å². The van der Waals surface area contributed by atoms with Crippen molar-refractivity contribution in [2.75, 3.05) is 13.1 Å². The molecule has 27 heavy (non-hydrogen) atoms. The lowest BCUT2D eigenvalue weighted by atomic mass is 10.0. The van der Waals surface area contributed by atoms with Gasteiger partial charge in [0, 0.05) is 30.9 Å². The van der Waals surface area contributed by atoms with Crippen LogP contribution in [0.1, 0.15) is 29.3 Å². The van der Waals surface area contributed by atoms with E-state index in [0.717, 1.165) is 24.1 Å². The van der Waals surface area contributed by atoms with E-state index in [2.05, 4.69) is 19.1 Å². The Morgan fingerprint density at radius 1 is 1.15 bits per heavy atom. The lowest BCUT2D eigenvalue weighted by Gasteiger charge is -2.15. The monoisotopic (exact) mass is 360 g/mol. The summed E-state index contributed by atoms with van der Waals surface area (Å²) in [5.74, 6) is -0.000279. The predicted octanol–water partition coefficient (Wildman–Crippen LogP) is 3.27. The average Bonchev–Trinajstić information content (AvgIpc) is 3.35. The highest BCUT2D eigenvalue weighted by molar-refractivity contribution is 6.00. The van der Waals surface area contributed by atoms with Crippen LogP contribution in [-0.2, 0) is 6.42 Å². The van der Waals surface area contributed by atoms with Crippen molar-refractivity contribution >= 4 is 5.91 Å². The molecular weight excluding hydrogens is 336 g/mol. The van der Waals surface area contributed by atoms with E-state index in [1.54, 1.807) is 4.68 Å². The van der Waals surface area contributed by atoms with Crippen molar-refractivity contribution in [1.82, 2.24) is 14.7 Å². The molecular formula is C22H24N4O. The van der Waals surface area contributed by atoms with E-state index < -0.39 is 0 Å². The fourth-order valence-electron chi connectivity index (χ4n) is 3.50. The number of carbonyl (C=O) groups is 1. The first-order chi connectivity index (χ1) is 13.2. The van der Waals surface area contributed by atoms with Gasteiger partial charge in [-0.2, -0.15) is 5.10 Å². The number of amides is 1. The van der Waals surface area contributed by atoms with Crippen LogP contribution >= 0.6 is 0 Å². The van der Waals surface area contributed by atoms with Crippen LogP contribution < -0.4 is 5.73 Å². The maximum Gasteiger partial charge on any atom is 0.257 e. The zero-order valence-corrected chi connectivity index (χ0v) is 15.5. The van der Waals surface area contributed by atoms with Gasteiger partial charge in [0.2, 0.25) is 0 Å². The van der Waals surface area contributed by atoms with E-state index >= 15 is 0 Å². The maximum absolute atomic E-state index is 13.2. The molecule has 0 bridgehead atoms. The lowest BCUT2D eigenvalue weighted by molar-refractivity contribution is 0.0791. The number of likely N-dealkylation sites (tertiary alicyclic amines) is 1. The van der Waals surface area contributed by atoms with E-state index in [4.69, 9.17) is 10.8 Å². The molecule has 1 atom stereocenters. The van der Waals surface area contributed by atoms with Gasteiger partial charge in [0.15, 0.2) is 0 Å². The van der Waals surface area contributed by atoms with Gasteiger partial charge in [-0.25, -0.2) is 4.68 Å². The number of hydrogen-bond donors (Lipinski definition) is 1. The number of nitrogens with zero attached hydrogens (tertiary/aromatic N) is 3. The molecule has 1 saturated heterocycles. The van der Waals surface area contributed by atoms with Crippen molar-refractivity contribution in [1.29, 1.82) is 0 Å². The minimum Gasteiger partial charge on any atom is -0.337 e. The van der Waals surface area contributed by atoms with E-state index in [1.807, 2.05) is 53.6 Å². The van der Waals surface area contributed by atoms with Gasteiger partial charge in [-0.15, -0.1) is 0 Å². The molecule has 5 nitrogen and oxygen atoms in total. The molecule has 5 heteroatoms. The summed E-state index contributed by atoms with van der Waals surface area (Å²) in [5.41, 5.74) is 10.5. The van der Waals surface area contributed by atoms with Gasteiger partial charge in [0.25, 0.3) is 5.91 Å². The third-order valence-corrected chi connectivity index (χ3v) is 5.11. The molecule has 0 saturated carbocycles. The Morgan fingerprint density at radius 3 is 2.52 bits per heavy atom. The SMILES string of the molecule is CCc1ccc(-c2nn(-c3ccccc3)cc2C(=O)N2CC[C@@H](N)C2)cc1. The molecule has 1 aromatic heterocycles. The number of nitrogens with two attached hydrogens (primary N) is 1. The topological polar surface area (TPSA) is 64.2 Å². The highest BCUT2D eigenvalue weighted by Gasteiger charge is 2.28. The van der Waals surface area contributed by atoms with Crippen LogP contribution in [0.15, 0.2) is 60.8 Å². The number of rotatable bonds is 4. The van der Waals surface area contributed by atoms with E-state index in [0.29, 0.717) is 24.3 Å². The third kappa shape index (κ3) is 3.51. The smallest absolute Gasteiger partial charge is 0.257 e. The maximum atomic E-state index is 13.2. The number of aromatic nitrogens is 2. The zero-order valence-electron chi connectivity index (χ0n) is 15.5. The molecule has 2 heterocycles. The van der Waals surface area contributed by atoms with Crippen molar-refractivity contribution < 1.29 is 4.79 Å². The van der Waals surface area contributed by atoms with Crippen molar-refractivity contribution in [3.8, 4) is 16.9 Å². The van der Waals surface area contributed by atoms with Crippen molar-refractivity contribution in [3.05, 3.63) is 71.9 Å². The summed E-state index contributed by atoms with van der Waals surface area (Å²) in [4.78, 5) is 15.0. The number of carbonyl (C=O) groups excluding carboxylic acids is 1. The highest BCUT2D eigenvalue weighted by atomic mass is 16.2. The van der Waals surface area contributed by atoms with Gasteiger partial charge >= 0.3 is 0 Å². The summed E-state index contributed by atoms with van der Waals surface area (Å²) < 4.78 is 1.78. The Kier molecular flexibility index (Phi) is 4.77. The Bertz CT molecular complexity index is 931. The molecule has 0 aliphatic carbocycles. The first-order valence-corrected chi connectivity index (χ1v) is 9.45. The zero-order chi connectivity index (χ0) is 18.8. The largest absolute Gasteiger partial charge is 0.337 e. The van der Waals surface area contributed by atoms with Crippen molar-refractivity contribution in [2.24, 2.45) is 5.73 Å². The van der Waals surface area contributed by atoms with Gasteiger partial charge in [-0.05, 0) is 30.5 Å². The fraction of sp³-hybridized carbons (Fsp3) is 0.273. The number of para-hydroxylation sites is 1. The van der Waals surface area contributed by atoms with Crippen molar-refractivity contribution in [3.63, 3.8) is 0 Å². The van der Waals surface area contributed by atoms with Gasteiger partial charge in [0.05, 0.1) is 11.3 Å². The molecule has 4 rings (SSSR count). The van der Waals surface area contributed by atoms with Gasteiger partial charge in [-0.3, -0.25) is 4.79 Å². The van der Waals surface area contributed by atoms with E-state index in [-0.39, 0.29) is 11.9 Å². The summed E-state index contributed by atoms with van der Waals surface area (Å²) >= 11 is 0. The van der Waals surface area contributed by atoms with Crippen LogP contribution in [0.5, 0.6) is 0 Å². The van der Waals surface area contributed by atoms with Crippen LogP contribution in [0.25, 0.3) is 16.9 Å². The van der Waals surface area contributed by atoms with Crippen LogP contribution in [0, 0.1) is 0 Å². The van der Waals surface area contributed by atoms with Gasteiger partial charge in [-0.1, -0.05) is 49.4 Å². The molecule has 138 valence electrons. The van der Waals surface area contributed by atoms with Gasteiger partial charge in [0.1, 0.15) is 5.69 Å². The molecule has 1 aliphatic rings. The molecule has 0 radical (unpaired) electrons. The summed E-state index contributed by atoms with van der Waals surface area (Å²) in [5, 5.41) is 4.76. The fourth-order valence-corrected chi connectivity index (χ4v) is 3.50. The number of hydrogen-bond acceptors (Lipinski definition) is 3. The Hall–Kier alpha value is -2.92. The molecule has 1 amide bonds. The van der Waals surface area contributed by atoms with Crippen LogP contribution in [0.3, 0.4) is 0 Å². The highest BCUT2D eigenvalue weighted by Crippen LogP contribution is 2.26. The molecule has 0 spiro atoms.